The van der Waals surface area contributed by atoms with Gasteiger partial charge in [0.2, 0.25) is 5.60 Å². The van der Waals surface area contributed by atoms with Crippen LogP contribution in [0.15, 0.2) is 0 Å². The van der Waals surface area contributed by atoms with Gasteiger partial charge in [0, 0.05) is 0 Å². The normalized spacial score (nSPS) is 14.2. The molecule has 0 saturated heterocycles. The maximum atomic E-state index is 11.2. The highest BCUT2D eigenvalue weighted by atomic mass is 27.0. The molecule has 0 aromatic rings. The molecule has 1 N–H and O–H groups in total. The van der Waals surface area contributed by atoms with Gasteiger partial charge in [0.25, 0.3) is 0 Å². The van der Waals surface area contributed by atoms with Gasteiger partial charge in [0.1, 0.15) is 0 Å². The highest BCUT2D eigenvalue weighted by molar-refractivity contribution is 6.05. The van der Waals surface area contributed by atoms with Gasteiger partial charge in [-0.2, -0.15) is 0 Å². The molecule has 5 heteroatoms. The second kappa shape index (κ2) is 7.00. The van der Waals surface area contributed by atoms with Crippen LogP contribution in [0.5, 0.6) is 0 Å². The van der Waals surface area contributed by atoms with Crippen LogP contribution >= 0.6 is 0 Å². The van der Waals surface area contributed by atoms with Crippen molar-refractivity contribution in [2.24, 2.45) is 5.92 Å². The number of hydrogen-bond acceptors (Lipinski definition) is 3. The summed E-state index contributed by atoms with van der Waals surface area (Å²) in [6.45, 7) is 6.97. The Balaban J connectivity index is 0. The van der Waals surface area contributed by atoms with Gasteiger partial charge in [-0.05, 0) is 19.3 Å². The van der Waals surface area contributed by atoms with Crippen LogP contribution in [0.2, 0.25) is 0 Å². The zero-order valence-corrected chi connectivity index (χ0v) is 9.16. The first kappa shape index (κ1) is 17.0. The molecule has 0 radical (unpaired) electrons. The van der Waals surface area contributed by atoms with E-state index < -0.39 is 17.4 Å². The molecule has 0 heterocycles. The third kappa shape index (κ3) is 4.33. The summed E-state index contributed by atoms with van der Waals surface area (Å²) in [6.07, 6.45) is 0.157. The van der Waals surface area contributed by atoms with Crippen LogP contribution in [0.25, 0.3) is 0 Å². The van der Waals surface area contributed by atoms with Crippen molar-refractivity contribution < 1.29 is 19.4 Å². The molecular formula is C10H21AlO4. The topological polar surface area (TPSA) is 63.6 Å². The van der Waals surface area contributed by atoms with E-state index in [0.717, 1.165) is 0 Å². The van der Waals surface area contributed by atoms with E-state index in [9.17, 15) is 9.59 Å². The predicted molar refractivity (Wildman–Crippen MR) is 62.1 cm³/mol. The quantitative estimate of drug-likeness (QED) is 0.528. The lowest BCUT2D eigenvalue weighted by Crippen LogP contribution is -2.48. The zero-order chi connectivity index (χ0) is 11.4. The van der Waals surface area contributed by atoms with E-state index in [1.54, 1.807) is 6.92 Å². The molecule has 0 fully saturated rings. The largest absolute Gasteiger partial charge is 0.479 e. The average molecular weight is 232 g/mol. The van der Waals surface area contributed by atoms with Crippen LogP contribution in [-0.4, -0.2) is 46.4 Å². The summed E-state index contributed by atoms with van der Waals surface area (Å²) in [5.74, 6) is -1.44. The van der Waals surface area contributed by atoms with Crippen LogP contribution in [-0.2, 0) is 14.3 Å². The summed E-state index contributed by atoms with van der Waals surface area (Å²) in [5, 5.41) is 8.96. The molecule has 0 rings (SSSR count). The van der Waals surface area contributed by atoms with Crippen molar-refractivity contribution in [2.45, 2.75) is 39.7 Å². The van der Waals surface area contributed by atoms with Gasteiger partial charge in [0.05, 0.1) is 6.61 Å². The molecule has 4 nitrogen and oxygen atoms in total. The lowest BCUT2D eigenvalue weighted by Gasteiger charge is -2.26. The van der Waals surface area contributed by atoms with Crippen molar-refractivity contribution >= 4 is 29.1 Å². The lowest BCUT2D eigenvalue weighted by molar-refractivity contribution is -0.173. The molecule has 0 aliphatic heterocycles. The Labute approximate surface area is 101 Å². The Bertz CT molecular complexity index is 211. The molecule has 0 saturated carbocycles. The number of carbonyl (C=O) groups is 2. The summed E-state index contributed by atoms with van der Waals surface area (Å²) in [7, 11) is 0. The highest BCUT2D eigenvalue weighted by Gasteiger charge is 2.43. The minimum atomic E-state index is -1.65. The van der Waals surface area contributed by atoms with E-state index in [2.05, 4.69) is 0 Å². The standard InChI is InChI=1S/C10H18O4.Al.3H/c1-5-10(8(4)11,9(12)13)14-6-7(2)3;;;;/h7H,5-6H2,1-4H3,(H,12,13);;;;. The minimum Gasteiger partial charge on any atom is -0.479 e. The number of rotatable bonds is 6. The molecule has 0 aromatic heterocycles. The zero-order valence-electron chi connectivity index (χ0n) is 9.16. The first-order valence-corrected chi connectivity index (χ1v) is 4.75. The number of carboxylic acid groups (broad SMARTS) is 1. The van der Waals surface area contributed by atoms with Crippen molar-refractivity contribution in [2.75, 3.05) is 6.61 Å². The third-order valence-electron chi connectivity index (χ3n) is 2.08. The van der Waals surface area contributed by atoms with Crippen molar-refractivity contribution in [3.05, 3.63) is 0 Å². The van der Waals surface area contributed by atoms with Gasteiger partial charge >= 0.3 is 5.97 Å². The molecule has 1 unspecified atom stereocenters. The van der Waals surface area contributed by atoms with Crippen LogP contribution in [0.3, 0.4) is 0 Å². The SMILES string of the molecule is CCC(OCC(C)C)(C(C)=O)C(=O)O.[AlH3]. The van der Waals surface area contributed by atoms with Crippen molar-refractivity contribution in [3.63, 3.8) is 0 Å². The second-order valence-corrected chi connectivity index (χ2v) is 3.75. The molecule has 0 bridgehead atoms. The first-order valence-electron chi connectivity index (χ1n) is 4.75. The van der Waals surface area contributed by atoms with Crippen LogP contribution in [0.4, 0.5) is 0 Å². The number of hydrogen-bond donors (Lipinski definition) is 1. The van der Waals surface area contributed by atoms with Crippen molar-refractivity contribution in [1.29, 1.82) is 0 Å². The van der Waals surface area contributed by atoms with Gasteiger partial charge in [-0.1, -0.05) is 20.8 Å². The fourth-order valence-electron chi connectivity index (χ4n) is 1.13. The Hall–Kier alpha value is -0.368. The van der Waals surface area contributed by atoms with E-state index >= 15 is 0 Å². The monoisotopic (exact) mass is 232 g/mol. The number of carboxylic acids is 1. The van der Waals surface area contributed by atoms with E-state index in [4.69, 9.17) is 9.84 Å². The van der Waals surface area contributed by atoms with Gasteiger partial charge < -0.3 is 9.84 Å². The predicted octanol–water partition coefficient (Wildman–Crippen LogP) is 0.297. The Morgan fingerprint density at radius 2 is 1.87 bits per heavy atom. The molecule has 0 aromatic carbocycles. The van der Waals surface area contributed by atoms with Gasteiger partial charge in [-0.15, -0.1) is 0 Å². The molecule has 0 spiro atoms. The molecule has 0 aliphatic rings. The molecule has 88 valence electrons. The average Bonchev–Trinajstić information content (AvgIpc) is 2.04. The van der Waals surface area contributed by atoms with E-state index in [1.807, 2.05) is 13.8 Å². The van der Waals surface area contributed by atoms with Crippen LogP contribution in [0.1, 0.15) is 34.1 Å². The molecule has 0 aliphatic carbocycles. The van der Waals surface area contributed by atoms with E-state index in [0.29, 0.717) is 0 Å². The van der Waals surface area contributed by atoms with Crippen LogP contribution in [0, 0.1) is 5.92 Å². The smallest absolute Gasteiger partial charge is 0.343 e. The molecule has 1 atom stereocenters. The van der Waals surface area contributed by atoms with Crippen molar-refractivity contribution in [1.82, 2.24) is 0 Å². The van der Waals surface area contributed by atoms with E-state index in [-0.39, 0.29) is 36.3 Å². The Morgan fingerprint density at radius 1 is 1.40 bits per heavy atom. The molecule has 15 heavy (non-hydrogen) atoms. The fourth-order valence-corrected chi connectivity index (χ4v) is 1.13. The van der Waals surface area contributed by atoms with Gasteiger partial charge in [-0.3, -0.25) is 4.79 Å². The van der Waals surface area contributed by atoms with Crippen molar-refractivity contribution in [3.8, 4) is 0 Å². The Kier molecular flexibility index (Phi) is 7.95. The molecule has 0 amide bonds. The number of Topliss-reactive ketones (excluding diaryl/α,β-unsaturated/α-hetero) is 1. The fraction of sp³-hybridized carbons (Fsp3) is 0.800. The highest BCUT2D eigenvalue weighted by Crippen LogP contribution is 2.19. The summed E-state index contributed by atoms with van der Waals surface area (Å²) in [6, 6.07) is 0. The lowest BCUT2D eigenvalue weighted by atomic mass is 9.96. The third-order valence-corrected chi connectivity index (χ3v) is 2.08. The van der Waals surface area contributed by atoms with Crippen LogP contribution < -0.4 is 0 Å². The maximum Gasteiger partial charge on any atom is 0.343 e. The summed E-state index contributed by atoms with van der Waals surface area (Å²) >= 11 is 0. The number of ether oxygens (including phenoxy) is 1. The maximum absolute atomic E-state index is 11.2. The number of aliphatic carboxylic acids is 1. The van der Waals surface area contributed by atoms with E-state index in [1.165, 1.54) is 6.92 Å². The summed E-state index contributed by atoms with van der Waals surface area (Å²) in [5.41, 5.74) is -1.65. The summed E-state index contributed by atoms with van der Waals surface area (Å²) < 4.78 is 5.21. The molecular weight excluding hydrogens is 211 g/mol. The summed E-state index contributed by atoms with van der Waals surface area (Å²) in [4.78, 5) is 22.2. The number of ketones is 1. The Morgan fingerprint density at radius 3 is 2.07 bits per heavy atom. The first-order chi connectivity index (χ1) is 6.36. The van der Waals surface area contributed by atoms with Gasteiger partial charge in [0.15, 0.2) is 23.1 Å². The minimum absolute atomic E-state index is 0. The number of carbonyl (C=O) groups excluding carboxylic acids is 1. The second-order valence-electron chi connectivity index (χ2n) is 3.75. The van der Waals surface area contributed by atoms with Gasteiger partial charge in [-0.25, -0.2) is 4.79 Å².